The van der Waals surface area contributed by atoms with Crippen LogP contribution in [0.1, 0.15) is 23.5 Å². The molecule has 2 aromatic heterocycles. The second-order valence-electron chi connectivity index (χ2n) is 9.93. The Morgan fingerprint density at radius 3 is 2.45 bits per heavy atom. The minimum absolute atomic E-state index is 0.0920. The maximum atomic E-state index is 13.1. The van der Waals surface area contributed by atoms with E-state index in [1.165, 1.54) is 0 Å². The Morgan fingerprint density at radius 1 is 0.900 bits per heavy atom. The van der Waals surface area contributed by atoms with Crippen LogP contribution in [0.2, 0.25) is 0 Å². The zero-order valence-electron chi connectivity index (χ0n) is 22.3. The van der Waals surface area contributed by atoms with Gasteiger partial charge in [-0.2, -0.15) is 5.10 Å². The van der Waals surface area contributed by atoms with E-state index in [2.05, 4.69) is 38.3 Å². The Morgan fingerprint density at radius 2 is 1.68 bits per heavy atom. The van der Waals surface area contributed by atoms with Crippen molar-refractivity contribution in [2.24, 2.45) is 0 Å². The number of benzene rings is 3. The second-order valence-corrected chi connectivity index (χ2v) is 10.8. The third-order valence-corrected chi connectivity index (χ3v) is 7.59. The standard InChI is InChI=1S/C31H30BrN7O/c1-22-28-29(37-16-9-17-38(19-18-37)31(40)33-25-13-8-12-24(32)21-25)34-27(20-23-10-4-2-5-11-23)35-30(28)39(36-22)26-14-6-3-7-15-26/h2-8,10-15,21H,9,16-20H2,1H3,(H,33,40). The first-order valence-corrected chi connectivity index (χ1v) is 14.3. The maximum Gasteiger partial charge on any atom is 0.321 e. The van der Waals surface area contributed by atoms with E-state index in [-0.39, 0.29) is 6.03 Å². The van der Waals surface area contributed by atoms with Crippen molar-refractivity contribution in [2.75, 3.05) is 36.4 Å². The van der Waals surface area contributed by atoms with Gasteiger partial charge in [0.15, 0.2) is 5.65 Å². The molecule has 0 saturated carbocycles. The van der Waals surface area contributed by atoms with Crippen molar-refractivity contribution in [1.29, 1.82) is 0 Å². The Hall–Kier alpha value is -4.24. The van der Waals surface area contributed by atoms with Crippen molar-refractivity contribution >= 4 is 44.5 Å². The number of carbonyl (C=O) groups is 1. The lowest BCUT2D eigenvalue weighted by Crippen LogP contribution is -2.38. The molecule has 3 aromatic carbocycles. The molecule has 0 radical (unpaired) electrons. The molecule has 0 atom stereocenters. The Kier molecular flexibility index (Phi) is 7.46. The van der Waals surface area contributed by atoms with Crippen LogP contribution in [0.4, 0.5) is 16.3 Å². The molecule has 5 aromatic rings. The van der Waals surface area contributed by atoms with E-state index >= 15 is 0 Å². The highest BCUT2D eigenvalue weighted by Gasteiger charge is 2.25. The topological polar surface area (TPSA) is 79.2 Å². The molecule has 3 heterocycles. The summed E-state index contributed by atoms with van der Waals surface area (Å²) in [6, 6.07) is 27.9. The van der Waals surface area contributed by atoms with Crippen LogP contribution in [0.3, 0.4) is 0 Å². The fraction of sp³-hybridized carbons (Fsp3) is 0.226. The summed E-state index contributed by atoms with van der Waals surface area (Å²) in [4.78, 5) is 27.4. The molecule has 0 aliphatic carbocycles. The van der Waals surface area contributed by atoms with E-state index < -0.39 is 0 Å². The first-order valence-electron chi connectivity index (χ1n) is 13.5. The van der Waals surface area contributed by atoms with Gasteiger partial charge in [0.1, 0.15) is 11.6 Å². The zero-order valence-corrected chi connectivity index (χ0v) is 23.9. The number of nitrogens with zero attached hydrogens (tertiary/aromatic N) is 6. The largest absolute Gasteiger partial charge is 0.354 e. The van der Waals surface area contributed by atoms with Crippen molar-refractivity contribution < 1.29 is 4.79 Å². The molecular formula is C31H30BrN7O. The van der Waals surface area contributed by atoms with Crippen LogP contribution in [0.5, 0.6) is 0 Å². The lowest BCUT2D eigenvalue weighted by molar-refractivity contribution is 0.215. The average molecular weight is 597 g/mol. The first kappa shape index (κ1) is 26.0. The number of aryl methyl sites for hydroxylation is 1. The molecule has 1 aliphatic rings. The highest BCUT2D eigenvalue weighted by atomic mass is 79.9. The van der Waals surface area contributed by atoms with Crippen LogP contribution < -0.4 is 10.2 Å². The van der Waals surface area contributed by atoms with Gasteiger partial charge in [-0.3, -0.25) is 0 Å². The molecule has 8 nitrogen and oxygen atoms in total. The third-order valence-electron chi connectivity index (χ3n) is 7.09. The number of aromatic nitrogens is 4. The van der Waals surface area contributed by atoms with Gasteiger partial charge in [0.25, 0.3) is 0 Å². The minimum Gasteiger partial charge on any atom is -0.354 e. The lowest BCUT2D eigenvalue weighted by Gasteiger charge is -2.24. The van der Waals surface area contributed by atoms with Gasteiger partial charge in [-0.1, -0.05) is 70.5 Å². The van der Waals surface area contributed by atoms with Crippen molar-refractivity contribution in [1.82, 2.24) is 24.6 Å². The van der Waals surface area contributed by atoms with Gasteiger partial charge in [0, 0.05) is 42.8 Å². The second kappa shape index (κ2) is 11.5. The summed E-state index contributed by atoms with van der Waals surface area (Å²) in [5.41, 5.74) is 4.57. The molecular weight excluding hydrogens is 566 g/mol. The van der Waals surface area contributed by atoms with Crippen molar-refractivity contribution in [3.8, 4) is 5.69 Å². The molecule has 0 bridgehead atoms. The molecule has 2 amide bonds. The van der Waals surface area contributed by atoms with Crippen molar-refractivity contribution in [2.45, 2.75) is 19.8 Å². The number of carbonyl (C=O) groups excluding carboxylic acids is 1. The third kappa shape index (κ3) is 5.56. The Labute approximate surface area is 241 Å². The molecule has 0 unspecified atom stereocenters. The molecule has 1 aliphatic heterocycles. The van der Waals surface area contributed by atoms with Gasteiger partial charge >= 0.3 is 6.03 Å². The number of anilines is 2. The monoisotopic (exact) mass is 595 g/mol. The summed E-state index contributed by atoms with van der Waals surface area (Å²) in [6.07, 6.45) is 1.45. The number of halogens is 1. The maximum absolute atomic E-state index is 13.1. The molecule has 9 heteroatoms. The van der Waals surface area contributed by atoms with Crippen LogP contribution in [0, 0.1) is 6.92 Å². The minimum atomic E-state index is -0.0920. The zero-order chi connectivity index (χ0) is 27.5. The van der Waals surface area contributed by atoms with E-state index in [1.807, 2.05) is 89.3 Å². The Balaban J connectivity index is 1.33. The van der Waals surface area contributed by atoms with Gasteiger partial charge in [0.05, 0.1) is 16.8 Å². The van der Waals surface area contributed by atoms with Gasteiger partial charge < -0.3 is 15.1 Å². The van der Waals surface area contributed by atoms with Crippen LogP contribution in [-0.2, 0) is 6.42 Å². The highest BCUT2D eigenvalue weighted by molar-refractivity contribution is 9.10. The molecule has 202 valence electrons. The van der Waals surface area contributed by atoms with Crippen LogP contribution in [0.25, 0.3) is 16.7 Å². The predicted octanol–water partition coefficient (Wildman–Crippen LogP) is 6.22. The van der Waals surface area contributed by atoms with Gasteiger partial charge in [0.2, 0.25) is 0 Å². The van der Waals surface area contributed by atoms with E-state index in [4.69, 9.17) is 15.1 Å². The lowest BCUT2D eigenvalue weighted by atomic mass is 10.1. The van der Waals surface area contributed by atoms with Crippen LogP contribution in [0.15, 0.2) is 89.4 Å². The summed E-state index contributed by atoms with van der Waals surface area (Å²) < 4.78 is 2.85. The fourth-order valence-corrected chi connectivity index (χ4v) is 5.54. The predicted molar refractivity (Wildman–Crippen MR) is 162 cm³/mol. The number of amides is 2. The van der Waals surface area contributed by atoms with Gasteiger partial charge in [-0.05, 0) is 49.2 Å². The fourth-order valence-electron chi connectivity index (χ4n) is 5.14. The summed E-state index contributed by atoms with van der Waals surface area (Å²) >= 11 is 3.47. The number of hydrogen-bond donors (Lipinski definition) is 1. The number of rotatable bonds is 5. The van der Waals surface area contributed by atoms with Crippen LogP contribution in [-0.4, -0.2) is 56.9 Å². The normalized spacial score (nSPS) is 13.8. The number of hydrogen-bond acceptors (Lipinski definition) is 5. The van der Waals surface area contributed by atoms with Gasteiger partial charge in [-0.25, -0.2) is 19.4 Å². The van der Waals surface area contributed by atoms with Gasteiger partial charge in [-0.15, -0.1) is 0 Å². The molecule has 1 saturated heterocycles. The van der Waals surface area contributed by atoms with Crippen LogP contribution >= 0.6 is 15.9 Å². The summed E-state index contributed by atoms with van der Waals surface area (Å²) in [5.74, 6) is 1.63. The average Bonchev–Trinajstić information content (AvgIpc) is 3.13. The number of nitrogens with one attached hydrogen (secondary N) is 1. The summed E-state index contributed by atoms with van der Waals surface area (Å²) in [7, 11) is 0. The van der Waals surface area contributed by atoms with E-state index in [0.29, 0.717) is 26.1 Å². The van der Waals surface area contributed by atoms with Crippen molar-refractivity contribution in [3.63, 3.8) is 0 Å². The summed E-state index contributed by atoms with van der Waals surface area (Å²) in [6.45, 7) is 4.72. The quantitative estimate of drug-likeness (QED) is 0.261. The van der Waals surface area contributed by atoms with E-state index in [9.17, 15) is 4.79 Å². The number of urea groups is 1. The van der Waals surface area contributed by atoms with E-state index in [1.54, 1.807) is 0 Å². The van der Waals surface area contributed by atoms with E-state index in [0.717, 1.165) is 62.7 Å². The smallest absolute Gasteiger partial charge is 0.321 e. The number of para-hydroxylation sites is 1. The molecule has 1 N–H and O–H groups in total. The Bertz CT molecular complexity index is 1640. The molecule has 0 spiro atoms. The summed E-state index contributed by atoms with van der Waals surface area (Å²) in [5, 5.41) is 8.88. The van der Waals surface area contributed by atoms with Crippen molar-refractivity contribution in [3.05, 3.63) is 106 Å². The number of fused-ring (bicyclic) bond motifs is 1. The first-order chi connectivity index (χ1) is 19.5. The molecule has 1 fully saturated rings. The molecule has 40 heavy (non-hydrogen) atoms. The highest BCUT2D eigenvalue weighted by Crippen LogP contribution is 2.30. The molecule has 6 rings (SSSR count). The SMILES string of the molecule is Cc1nn(-c2ccccc2)c2nc(Cc3ccccc3)nc(N3CCCN(C(=O)Nc4cccc(Br)c4)CC3)c12.